The SMILES string of the molecule is CC(=O)NC[C@H]1CN(S(=O)(=O)c2cn(C(F)F)nc2C)c2cc(NC(=O)OCC(C)C)ccc2O1. The molecule has 2 N–H and O–H groups in total. The van der Waals surface area contributed by atoms with Crippen LogP contribution in [0.2, 0.25) is 0 Å². The summed E-state index contributed by atoms with van der Waals surface area (Å²) in [5, 5.41) is 8.70. The van der Waals surface area contributed by atoms with Gasteiger partial charge >= 0.3 is 12.6 Å². The van der Waals surface area contributed by atoms with Gasteiger partial charge in [0.15, 0.2) is 0 Å². The van der Waals surface area contributed by atoms with E-state index in [0.29, 0.717) is 0 Å². The van der Waals surface area contributed by atoms with E-state index >= 15 is 0 Å². The summed E-state index contributed by atoms with van der Waals surface area (Å²) in [6.07, 6.45) is -0.720. The number of ether oxygens (including phenoxy) is 2. The molecule has 3 rings (SSSR count). The normalized spacial score (nSPS) is 15.5. The number of nitrogens with zero attached hydrogens (tertiary/aromatic N) is 3. The van der Waals surface area contributed by atoms with Crippen LogP contribution in [0.5, 0.6) is 5.75 Å². The van der Waals surface area contributed by atoms with Gasteiger partial charge in [-0.2, -0.15) is 13.9 Å². The Labute approximate surface area is 201 Å². The van der Waals surface area contributed by atoms with Crippen LogP contribution in [0.4, 0.5) is 25.0 Å². The Morgan fingerprint density at radius 1 is 1.31 bits per heavy atom. The minimum Gasteiger partial charge on any atom is -0.484 e. The van der Waals surface area contributed by atoms with E-state index in [0.717, 1.165) is 10.5 Å². The van der Waals surface area contributed by atoms with E-state index in [1.807, 2.05) is 13.8 Å². The summed E-state index contributed by atoms with van der Waals surface area (Å²) < 4.78 is 65.6. The number of alkyl halides is 2. The highest BCUT2D eigenvalue weighted by Gasteiger charge is 2.37. The lowest BCUT2D eigenvalue weighted by Gasteiger charge is -2.35. The first-order valence-corrected chi connectivity index (χ1v) is 12.2. The van der Waals surface area contributed by atoms with Crippen molar-refractivity contribution in [3.05, 3.63) is 30.1 Å². The summed E-state index contributed by atoms with van der Waals surface area (Å²) in [4.78, 5) is 23.0. The Balaban J connectivity index is 1.99. The number of hydrogen-bond acceptors (Lipinski definition) is 7. The molecule has 0 bridgehead atoms. The molecule has 1 aliphatic rings. The molecule has 1 aromatic heterocycles. The van der Waals surface area contributed by atoms with Crippen LogP contribution in [0.25, 0.3) is 0 Å². The van der Waals surface area contributed by atoms with E-state index in [2.05, 4.69) is 15.7 Å². The predicted molar refractivity (Wildman–Crippen MR) is 122 cm³/mol. The molecule has 192 valence electrons. The molecule has 2 amide bonds. The molecule has 0 saturated heterocycles. The Morgan fingerprint density at radius 3 is 2.63 bits per heavy atom. The van der Waals surface area contributed by atoms with Gasteiger partial charge in [0.05, 0.1) is 37.3 Å². The van der Waals surface area contributed by atoms with Crippen LogP contribution in [0.15, 0.2) is 29.3 Å². The maximum absolute atomic E-state index is 13.6. The first kappa shape index (κ1) is 26.2. The highest BCUT2D eigenvalue weighted by atomic mass is 32.2. The van der Waals surface area contributed by atoms with Crippen LogP contribution in [0.3, 0.4) is 0 Å². The third-order valence-corrected chi connectivity index (χ3v) is 6.79. The van der Waals surface area contributed by atoms with E-state index in [4.69, 9.17) is 9.47 Å². The number of hydrogen-bond donors (Lipinski definition) is 2. The van der Waals surface area contributed by atoms with E-state index < -0.39 is 33.7 Å². The highest BCUT2D eigenvalue weighted by molar-refractivity contribution is 7.92. The van der Waals surface area contributed by atoms with Gasteiger partial charge in [0, 0.05) is 12.6 Å². The summed E-state index contributed by atoms with van der Waals surface area (Å²) in [5.41, 5.74) is 0.208. The molecule has 2 aromatic rings. The van der Waals surface area contributed by atoms with Crippen LogP contribution in [-0.4, -0.2) is 56.0 Å². The fraction of sp³-hybridized carbons (Fsp3) is 0.476. The van der Waals surface area contributed by atoms with Crippen molar-refractivity contribution in [1.82, 2.24) is 15.1 Å². The molecular formula is C21H27F2N5O6S. The van der Waals surface area contributed by atoms with Gasteiger partial charge in [-0.25, -0.2) is 17.9 Å². The Hall–Kier alpha value is -3.42. The summed E-state index contributed by atoms with van der Waals surface area (Å²) in [5.74, 6) is -0.0475. The zero-order chi connectivity index (χ0) is 25.9. The summed E-state index contributed by atoms with van der Waals surface area (Å²) >= 11 is 0. The molecule has 35 heavy (non-hydrogen) atoms. The van der Waals surface area contributed by atoms with Gasteiger partial charge in [0.1, 0.15) is 16.7 Å². The number of aromatic nitrogens is 2. The van der Waals surface area contributed by atoms with Crippen molar-refractivity contribution in [1.29, 1.82) is 0 Å². The maximum Gasteiger partial charge on any atom is 0.411 e. The third-order valence-electron chi connectivity index (χ3n) is 4.90. The quantitative estimate of drug-likeness (QED) is 0.553. The summed E-state index contributed by atoms with van der Waals surface area (Å²) in [6, 6.07) is 4.34. The number of aryl methyl sites for hydroxylation is 1. The van der Waals surface area contributed by atoms with Gasteiger partial charge < -0.3 is 14.8 Å². The van der Waals surface area contributed by atoms with E-state index in [1.54, 1.807) is 0 Å². The monoisotopic (exact) mass is 515 g/mol. The van der Waals surface area contributed by atoms with Crippen LogP contribution < -0.4 is 19.7 Å². The second-order valence-corrected chi connectivity index (χ2v) is 10.2. The largest absolute Gasteiger partial charge is 0.484 e. The predicted octanol–water partition coefficient (Wildman–Crippen LogP) is 2.88. The zero-order valence-electron chi connectivity index (χ0n) is 19.6. The molecule has 14 heteroatoms. The molecule has 1 aromatic carbocycles. The van der Waals surface area contributed by atoms with E-state index in [9.17, 15) is 26.8 Å². The molecule has 0 saturated carbocycles. The second kappa shape index (κ2) is 10.5. The Morgan fingerprint density at radius 2 is 2.03 bits per heavy atom. The van der Waals surface area contributed by atoms with Gasteiger partial charge in [0.25, 0.3) is 10.0 Å². The molecule has 0 fully saturated rings. The second-order valence-electron chi connectivity index (χ2n) is 8.35. The molecule has 0 spiro atoms. The van der Waals surface area contributed by atoms with Gasteiger partial charge in [-0.3, -0.25) is 14.4 Å². The molecule has 1 aliphatic heterocycles. The first-order valence-electron chi connectivity index (χ1n) is 10.7. The van der Waals surface area contributed by atoms with Crippen LogP contribution in [0, 0.1) is 12.8 Å². The molecule has 11 nitrogen and oxygen atoms in total. The molecule has 0 radical (unpaired) electrons. The van der Waals surface area contributed by atoms with E-state index in [1.165, 1.54) is 32.0 Å². The van der Waals surface area contributed by atoms with Crippen molar-refractivity contribution < 1.29 is 36.3 Å². The van der Waals surface area contributed by atoms with Crippen LogP contribution in [0.1, 0.15) is 33.0 Å². The number of nitrogens with one attached hydrogen (secondary N) is 2. The average molecular weight is 516 g/mol. The number of rotatable bonds is 8. The standard InChI is InChI=1S/C21H27F2N5O6S/c1-12(2)11-33-21(30)25-15-5-6-18-17(7-15)28(9-16(34-18)8-24-14(4)29)35(31,32)19-10-27(20(22)23)26-13(19)3/h5-7,10,12,16,20H,8-9,11H2,1-4H3,(H,24,29)(H,25,30)/t16-/m0/s1. The smallest absolute Gasteiger partial charge is 0.411 e. The summed E-state index contributed by atoms with van der Waals surface area (Å²) in [7, 11) is -4.38. The lowest BCUT2D eigenvalue weighted by molar-refractivity contribution is -0.119. The first-order chi connectivity index (χ1) is 16.4. The summed E-state index contributed by atoms with van der Waals surface area (Å²) in [6.45, 7) is 3.33. The molecule has 1 atom stereocenters. The van der Waals surface area contributed by atoms with Crippen molar-refractivity contribution in [3.63, 3.8) is 0 Å². The molecule has 2 heterocycles. The minimum atomic E-state index is -4.38. The zero-order valence-corrected chi connectivity index (χ0v) is 20.4. The fourth-order valence-electron chi connectivity index (χ4n) is 3.31. The lowest BCUT2D eigenvalue weighted by Crippen LogP contribution is -2.48. The highest BCUT2D eigenvalue weighted by Crippen LogP contribution is 2.39. The van der Waals surface area contributed by atoms with Crippen molar-refractivity contribution in [2.75, 3.05) is 29.3 Å². The van der Waals surface area contributed by atoms with Gasteiger partial charge in [-0.15, -0.1) is 0 Å². The van der Waals surface area contributed by atoms with Crippen molar-refractivity contribution in [2.45, 2.75) is 45.2 Å². The Bertz CT molecular complexity index is 1200. The number of halogens is 2. The molecule has 0 unspecified atom stereocenters. The maximum atomic E-state index is 13.6. The van der Waals surface area contributed by atoms with Gasteiger partial charge in [-0.1, -0.05) is 13.8 Å². The fourth-order valence-corrected chi connectivity index (χ4v) is 4.97. The van der Waals surface area contributed by atoms with E-state index in [-0.39, 0.29) is 59.0 Å². The minimum absolute atomic E-state index is 0.0115. The van der Waals surface area contributed by atoms with Gasteiger partial charge in [-0.05, 0) is 31.0 Å². The Kier molecular flexibility index (Phi) is 7.83. The lowest BCUT2D eigenvalue weighted by atomic mass is 10.2. The average Bonchev–Trinajstić information content (AvgIpc) is 3.18. The van der Waals surface area contributed by atoms with Crippen molar-refractivity contribution in [3.8, 4) is 5.75 Å². The number of benzene rings is 1. The molecular weight excluding hydrogens is 488 g/mol. The number of carbonyl (C=O) groups excluding carboxylic acids is 2. The van der Waals surface area contributed by atoms with Crippen LogP contribution in [-0.2, 0) is 19.6 Å². The topological polar surface area (TPSA) is 132 Å². The number of carbonyl (C=O) groups is 2. The number of fused-ring (bicyclic) bond motifs is 1. The van der Waals surface area contributed by atoms with Crippen molar-refractivity contribution >= 4 is 33.4 Å². The number of amides is 2. The van der Waals surface area contributed by atoms with Crippen molar-refractivity contribution in [2.24, 2.45) is 5.92 Å². The van der Waals surface area contributed by atoms with Crippen LogP contribution >= 0.6 is 0 Å². The number of sulfonamides is 1. The van der Waals surface area contributed by atoms with Gasteiger partial charge in [0.2, 0.25) is 5.91 Å². The molecule has 0 aliphatic carbocycles. The third kappa shape index (κ3) is 6.18. The number of anilines is 2.